The molecule has 1 aromatic carbocycles. The minimum Gasteiger partial charge on any atom is -0.487 e. The fraction of sp³-hybridized carbons (Fsp3) is 0.529. The first-order valence-corrected chi connectivity index (χ1v) is 7.94. The van der Waals surface area contributed by atoms with E-state index in [2.05, 4.69) is 12.2 Å². The Kier molecular flexibility index (Phi) is 5.81. The zero-order valence-electron chi connectivity index (χ0n) is 13.3. The van der Waals surface area contributed by atoms with Crippen molar-refractivity contribution in [1.29, 1.82) is 0 Å². The SMILES string of the molecule is CCCCNC(=O)CCC(=O)N1CC(C)Oc2ccccc21. The lowest BCUT2D eigenvalue weighted by Crippen LogP contribution is -2.42. The molecule has 22 heavy (non-hydrogen) atoms. The Labute approximate surface area is 131 Å². The van der Waals surface area contributed by atoms with Gasteiger partial charge in [-0.1, -0.05) is 25.5 Å². The summed E-state index contributed by atoms with van der Waals surface area (Å²) in [6.45, 7) is 5.22. The molecule has 2 amide bonds. The van der Waals surface area contributed by atoms with E-state index in [1.807, 2.05) is 31.2 Å². The molecule has 1 atom stereocenters. The molecule has 1 aliphatic heterocycles. The van der Waals surface area contributed by atoms with Gasteiger partial charge in [-0.05, 0) is 25.5 Å². The molecule has 0 bridgehead atoms. The first-order valence-electron chi connectivity index (χ1n) is 7.94. The Morgan fingerprint density at radius 2 is 2.09 bits per heavy atom. The van der Waals surface area contributed by atoms with E-state index in [4.69, 9.17) is 4.74 Å². The van der Waals surface area contributed by atoms with E-state index in [1.165, 1.54) is 0 Å². The summed E-state index contributed by atoms with van der Waals surface area (Å²) in [7, 11) is 0. The summed E-state index contributed by atoms with van der Waals surface area (Å²) in [6, 6.07) is 7.51. The molecule has 1 aliphatic rings. The lowest BCUT2D eigenvalue weighted by atomic mass is 10.1. The van der Waals surface area contributed by atoms with Gasteiger partial charge in [0.2, 0.25) is 11.8 Å². The highest BCUT2D eigenvalue weighted by Crippen LogP contribution is 2.33. The van der Waals surface area contributed by atoms with E-state index in [0.29, 0.717) is 13.1 Å². The number of rotatable bonds is 6. The van der Waals surface area contributed by atoms with Gasteiger partial charge in [0.1, 0.15) is 11.9 Å². The minimum atomic E-state index is -0.0589. The number of anilines is 1. The summed E-state index contributed by atoms with van der Waals surface area (Å²) >= 11 is 0. The van der Waals surface area contributed by atoms with Gasteiger partial charge in [-0.2, -0.15) is 0 Å². The first kappa shape index (κ1) is 16.3. The maximum Gasteiger partial charge on any atom is 0.227 e. The van der Waals surface area contributed by atoms with Crippen molar-refractivity contribution in [2.75, 3.05) is 18.0 Å². The highest BCUT2D eigenvalue weighted by Gasteiger charge is 2.27. The van der Waals surface area contributed by atoms with Crippen LogP contribution in [0.3, 0.4) is 0 Å². The average Bonchev–Trinajstić information content (AvgIpc) is 2.52. The second-order valence-electron chi connectivity index (χ2n) is 5.60. The van der Waals surface area contributed by atoms with Gasteiger partial charge in [-0.25, -0.2) is 0 Å². The summed E-state index contributed by atoms with van der Waals surface area (Å²) in [5.41, 5.74) is 0.789. The van der Waals surface area contributed by atoms with Gasteiger partial charge in [-0.15, -0.1) is 0 Å². The van der Waals surface area contributed by atoms with Crippen LogP contribution in [0.5, 0.6) is 5.75 Å². The van der Waals surface area contributed by atoms with Crippen molar-refractivity contribution in [2.45, 2.75) is 45.6 Å². The first-order chi connectivity index (χ1) is 10.6. The quantitative estimate of drug-likeness (QED) is 0.822. The number of ether oxygens (including phenoxy) is 1. The van der Waals surface area contributed by atoms with Crippen molar-refractivity contribution >= 4 is 17.5 Å². The smallest absolute Gasteiger partial charge is 0.227 e. The van der Waals surface area contributed by atoms with Crippen LogP contribution in [0, 0.1) is 0 Å². The maximum atomic E-state index is 12.4. The summed E-state index contributed by atoms with van der Waals surface area (Å²) in [6.07, 6.45) is 2.42. The van der Waals surface area contributed by atoms with Crippen LogP contribution in [0.1, 0.15) is 39.5 Å². The second-order valence-corrected chi connectivity index (χ2v) is 5.60. The van der Waals surface area contributed by atoms with Crippen LogP contribution in [-0.4, -0.2) is 31.0 Å². The standard InChI is InChI=1S/C17H24N2O3/c1-3-4-11-18-16(20)9-10-17(21)19-12-13(2)22-15-8-6-5-7-14(15)19/h5-8,13H,3-4,9-12H2,1-2H3,(H,18,20). The second kappa shape index (κ2) is 7.82. The molecule has 0 radical (unpaired) electrons. The molecule has 0 saturated carbocycles. The highest BCUT2D eigenvalue weighted by molar-refractivity contribution is 5.97. The van der Waals surface area contributed by atoms with Gasteiger partial charge in [0, 0.05) is 19.4 Å². The Morgan fingerprint density at radius 3 is 2.86 bits per heavy atom. The highest BCUT2D eigenvalue weighted by atomic mass is 16.5. The molecule has 0 aliphatic carbocycles. The Bertz CT molecular complexity index is 530. The fourth-order valence-corrected chi connectivity index (χ4v) is 2.47. The van der Waals surface area contributed by atoms with Gasteiger partial charge in [0.25, 0.3) is 0 Å². The fourth-order valence-electron chi connectivity index (χ4n) is 2.47. The van der Waals surface area contributed by atoms with Crippen molar-refractivity contribution in [2.24, 2.45) is 0 Å². The molecular formula is C17H24N2O3. The third kappa shape index (κ3) is 4.23. The normalized spacial score (nSPS) is 16.6. The van der Waals surface area contributed by atoms with Gasteiger partial charge < -0.3 is 15.0 Å². The van der Waals surface area contributed by atoms with Crippen LogP contribution >= 0.6 is 0 Å². The van der Waals surface area contributed by atoms with Crippen molar-refractivity contribution < 1.29 is 14.3 Å². The molecule has 1 N–H and O–H groups in total. The number of amides is 2. The third-order valence-corrected chi connectivity index (χ3v) is 3.64. The van der Waals surface area contributed by atoms with E-state index in [9.17, 15) is 9.59 Å². The summed E-state index contributed by atoms with van der Waals surface area (Å²) in [5.74, 6) is 0.631. The predicted molar refractivity (Wildman–Crippen MR) is 86.0 cm³/mol. The Hall–Kier alpha value is -2.04. The molecule has 0 saturated heterocycles. The monoisotopic (exact) mass is 304 g/mol. The molecule has 5 heteroatoms. The van der Waals surface area contributed by atoms with E-state index < -0.39 is 0 Å². The van der Waals surface area contributed by atoms with Crippen LogP contribution in [0.15, 0.2) is 24.3 Å². The number of carbonyl (C=O) groups is 2. The molecule has 1 aromatic rings. The Morgan fingerprint density at radius 1 is 1.32 bits per heavy atom. The summed E-state index contributed by atoms with van der Waals surface area (Å²) in [5, 5.41) is 2.84. The Balaban J connectivity index is 1.91. The molecule has 0 fully saturated rings. The molecule has 0 aromatic heterocycles. The van der Waals surface area contributed by atoms with Crippen LogP contribution in [0.25, 0.3) is 0 Å². The molecule has 2 rings (SSSR count). The van der Waals surface area contributed by atoms with Crippen molar-refractivity contribution in [1.82, 2.24) is 5.32 Å². The van der Waals surface area contributed by atoms with Crippen molar-refractivity contribution in [3.63, 3.8) is 0 Å². The number of benzene rings is 1. The van der Waals surface area contributed by atoms with Crippen LogP contribution in [0.4, 0.5) is 5.69 Å². The van der Waals surface area contributed by atoms with Gasteiger partial charge >= 0.3 is 0 Å². The van der Waals surface area contributed by atoms with Gasteiger partial charge in [-0.3, -0.25) is 9.59 Å². The minimum absolute atomic E-state index is 0.0340. The number of unbranched alkanes of at least 4 members (excludes halogenated alkanes) is 1. The third-order valence-electron chi connectivity index (χ3n) is 3.64. The van der Waals surface area contributed by atoms with Crippen molar-refractivity contribution in [3.05, 3.63) is 24.3 Å². The van der Waals surface area contributed by atoms with E-state index >= 15 is 0 Å². The molecular weight excluding hydrogens is 280 g/mol. The van der Waals surface area contributed by atoms with Crippen LogP contribution in [-0.2, 0) is 9.59 Å². The van der Waals surface area contributed by atoms with E-state index in [0.717, 1.165) is 24.3 Å². The predicted octanol–water partition coefficient (Wildman–Crippen LogP) is 2.50. The van der Waals surface area contributed by atoms with Crippen LogP contribution in [0.2, 0.25) is 0 Å². The van der Waals surface area contributed by atoms with Gasteiger partial charge in [0.15, 0.2) is 0 Å². The number of nitrogens with one attached hydrogen (secondary N) is 1. The number of para-hydroxylation sites is 2. The van der Waals surface area contributed by atoms with Gasteiger partial charge in [0.05, 0.1) is 12.2 Å². The zero-order valence-corrected chi connectivity index (χ0v) is 13.3. The maximum absolute atomic E-state index is 12.4. The number of hydrogen-bond acceptors (Lipinski definition) is 3. The number of hydrogen-bond donors (Lipinski definition) is 1. The largest absolute Gasteiger partial charge is 0.487 e. The number of carbonyl (C=O) groups excluding carboxylic acids is 2. The molecule has 1 heterocycles. The number of fused-ring (bicyclic) bond motifs is 1. The average molecular weight is 304 g/mol. The molecule has 1 unspecified atom stereocenters. The van der Waals surface area contributed by atoms with Crippen molar-refractivity contribution in [3.8, 4) is 5.75 Å². The lowest BCUT2D eigenvalue weighted by Gasteiger charge is -2.33. The summed E-state index contributed by atoms with van der Waals surface area (Å²) < 4.78 is 5.73. The summed E-state index contributed by atoms with van der Waals surface area (Å²) in [4.78, 5) is 25.9. The number of nitrogens with zero attached hydrogens (tertiary/aromatic N) is 1. The topological polar surface area (TPSA) is 58.6 Å². The zero-order chi connectivity index (χ0) is 15.9. The van der Waals surface area contributed by atoms with E-state index in [-0.39, 0.29) is 30.8 Å². The van der Waals surface area contributed by atoms with E-state index in [1.54, 1.807) is 4.90 Å². The molecule has 120 valence electrons. The van der Waals surface area contributed by atoms with Crippen LogP contribution < -0.4 is 15.0 Å². The lowest BCUT2D eigenvalue weighted by molar-refractivity contribution is -0.125. The molecule has 5 nitrogen and oxygen atoms in total. The molecule has 0 spiro atoms.